The van der Waals surface area contributed by atoms with Gasteiger partial charge in [-0.15, -0.1) is 0 Å². The molecule has 4 heteroatoms. The van der Waals surface area contributed by atoms with Crippen LogP contribution in [0.5, 0.6) is 0 Å². The van der Waals surface area contributed by atoms with Crippen LogP contribution in [0.1, 0.15) is 34.7 Å². The standard InChI is InChI=1S/C28H28N2O2/c1-6-29(23-10-8-7-9-11-23)26-25(22-15-14-19(3)21(5)17-22)27(31)30(28(26)32)24-16-18(2)12-13-20(24)4/h7-17H,6H2,1-5H3. The molecule has 1 aliphatic rings. The number of carbonyl (C=O) groups excluding carboxylic acids is 2. The Labute approximate surface area is 189 Å². The molecule has 0 saturated carbocycles. The van der Waals surface area contributed by atoms with Gasteiger partial charge in [-0.05, 0) is 80.6 Å². The largest absolute Gasteiger partial charge is 0.337 e. The summed E-state index contributed by atoms with van der Waals surface area (Å²) in [6, 6.07) is 21.6. The third-order valence-corrected chi connectivity index (χ3v) is 6.11. The molecule has 0 radical (unpaired) electrons. The molecule has 0 atom stereocenters. The zero-order valence-electron chi connectivity index (χ0n) is 19.3. The quantitative estimate of drug-likeness (QED) is 0.491. The van der Waals surface area contributed by atoms with E-state index in [1.807, 2.05) is 106 Å². The molecule has 4 rings (SSSR count). The summed E-state index contributed by atoms with van der Waals surface area (Å²) in [5.74, 6) is -0.570. The number of para-hydroxylation sites is 1. The van der Waals surface area contributed by atoms with Crippen molar-refractivity contribution in [3.05, 3.63) is 100 Å². The lowest BCUT2D eigenvalue weighted by atomic mass is 9.99. The van der Waals surface area contributed by atoms with E-state index in [4.69, 9.17) is 0 Å². The minimum Gasteiger partial charge on any atom is -0.337 e. The smallest absolute Gasteiger partial charge is 0.282 e. The van der Waals surface area contributed by atoms with E-state index in [-0.39, 0.29) is 11.8 Å². The van der Waals surface area contributed by atoms with E-state index in [2.05, 4.69) is 0 Å². The maximum absolute atomic E-state index is 13.9. The minimum atomic E-state index is -0.289. The number of aryl methyl sites for hydroxylation is 4. The molecule has 0 bridgehead atoms. The molecule has 1 heterocycles. The van der Waals surface area contributed by atoms with Crippen molar-refractivity contribution in [1.82, 2.24) is 0 Å². The molecule has 0 aromatic heterocycles. The number of carbonyl (C=O) groups is 2. The van der Waals surface area contributed by atoms with E-state index in [0.717, 1.165) is 33.5 Å². The van der Waals surface area contributed by atoms with Gasteiger partial charge in [-0.1, -0.05) is 48.5 Å². The lowest BCUT2D eigenvalue weighted by Gasteiger charge is -2.25. The summed E-state index contributed by atoms with van der Waals surface area (Å²) in [4.78, 5) is 31.0. The molecule has 3 aromatic carbocycles. The van der Waals surface area contributed by atoms with Gasteiger partial charge in [0.1, 0.15) is 5.70 Å². The summed E-state index contributed by atoms with van der Waals surface area (Å²) in [6.45, 7) is 10.5. The molecule has 162 valence electrons. The summed E-state index contributed by atoms with van der Waals surface area (Å²) in [7, 11) is 0. The number of likely N-dealkylation sites (N-methyl/N-ethyl adjacent to an activating group) is 1. The second kappa shape index (κ2) is 8.46. The molecular formula is C28H28N2O2. The van der Waals surface area contributed by atoms with Gasteiger partial charge in [-0.3, -0.25) is 9.59 Å². The van der Waals surface area contributed by atoms with Gasteiger partial charge in [0.15, 0.2) is 0 Å². The molecule has 32 heavy (non-hydrogen) atoms. The first kappa shape index (κ1) is 21.6. The van der Waals surface area contributed by atoms with Crippen LogP contribution in [0.4, 0.5) is 11.4 Å². The van der Waals surface area contributed by atoms with Gasteiger partial charge in [0.05, 0.1) is 11.3 Å². The van der Waals surface area contributed by atoms with Gasteiger partial charge in [-0.25, -0.2) is 4.90 Å². The predicted molar refractivity (Wildman–Crippen MR) is 131 cm³/mol. The van der Waals surface area contributed by atoms with Gasteiger partial charge >= 0.3 is 0 Å². The van der Waals surface area contributed by atoms with E-state index in [1.54, 1.807) is 0 Å². The number of benzene rings is 3. The number of imide groups is 1. The third kappa shape index (κ3) is 3.62. The third-order valence-electron chi connectivity index (χ3n) is 6.11. The molecule has 0 fully saturated rings. The molecule has 0 saturated heterocycles. The first-order valence-electron chi connectivity index (χ1n) is 10.9. The Bertz CT molecular complexity index is 1240. The van der Waals surface area contributed by atoms with Crippen molar-refractivity contribution in [2.75, 3.05) is 16.3 Å². The van der Waals surface area contributed by atoms with Gasteiger partial charge in [0, 0.05) is 12.2 Å². The van der Waals surface area contributed by atoms with Crippen LogP contribution >= 0.6 is 0 Å². The van der Waals surface area contributed by atoms with Gasteiger partial charge in [-0.2, -0.15) is 0 Å². The summed E-state index contributed by atoms with van der Waals surface area (Å²) >= 11 is 0. The highest BCUT2D eigenvalue weighted by Crippen LogP contribution is 2.38. The highest BCUT2D eigenvalue weighted by molar-refractivity contribution is 6.46. The van der Waals surface area contributed by atoms with Crippen LogP contribution in [-0.4, -0.2) is 18.4 Å². The molecular weight excluding hydrogens is 396 g/mol. The van der Waals surface area contributed by atoms with Crippen LogP contribution in [-0.2, 0) is 9.59 Å². The molecule has 3 aromatic rings. The number of rotatable bonds is 5. The summed E-state index contributed by atoms with van der Waals surface area (Å²) in [5.41, 5.74) is 7.29. The average Bonchev–Trinajstić information content (AvgIpc) is 3.03. The Hall–Kier alpha value is -3.66. The summed E-state index contributed by atoms with van der Waals surface area (Å²) in [5, 5.41) is 0. The minimum absolute atomic E-state index is 0.281. The highest BCUT2D eigenvalue weighted by Gasteiger charge is 2.43. The van der Waals surface area contributed by atoms with Crippen LogP contribution in [0.2, 0.25) is 0 Å². The van der Waals surface area contributed by atoms with Crippen molar-refractivity contribution in [1.29, 1.82) is 0 Å². The van der Waals surface area contributed by atoms with Gasteiger partial charge in [0.2, 0.25) is 0 Å². The SMILES string of the molecule is CCN(C1=C(c2ccc(C)c(C)c2)C(=O)N(c2cc(C)ccc2C)C1=O)c1ccccc1. The summed E-state index contributed by atoms with van der Waals surface area (Å²) < 4.78 is 0. The lowest BCUT2D eigenvalue weighted by Crippen LogP contribution is -2.35. The normalized spacial score (nSPS) is 13.8. The topological polar surface area (TPSA) is 40.6 Å². The predicted octanol–water partition coefficient (Wildman–Crippen LogP) is 5.73. The molecule has 0 N–H and O–H groups in total. The first-order chi connectivity index (χ1) is 15.3. The van der Waals surface area contributed by atoms with E-state index in [0.29, 0.717) is 23.5 Å². The Morgan fingerprint density at radius 3 is 2.09 bits per heavy atom. The number of nitrogens with zero attached hydrogens (tertiary/aromatic N) is 2. The molecule has 4 nitrogen and oxygen atoms in total. The Morgan fingerprint density at radius 2 is 1.44 bits per heavy atom. The van der Waals surface area contributed by atoms with E-state index >= 15 is 0 Å². The van der Waals surface area contributed by atoms with Crippen molar-refractivity contribution in [3.63, 3.8) is 0 Å². The second-order valence-corrected chi connectivity index (χ2v) is 8.34. The lowest BCUT2D eigenvalue weighted by molar-refractivity contribution is -0.120. The van der Waals surface area contributed by atoms with Crippen molar-refractivity contribution in [2.24, 2.45) is 0 Å². The van der Waals surface area contributed by atoms with Crippen LogP contribution in [0.25, 0.3) is 5.57 Å². The highest BCUT2D eigenvalue weighted by atomic mass is 16.2. The van der Waals surface area contributed by atoms with Crippen LogP contribution < -0.4 is 9.80 Å². The average molecular weight is 425 g/mol. The molecule has 2 amide bonds. The molecule has 0 aliphatic carbocycles. The van der Waals surface area contributed by atoms with Crippen LogP contribution in [0, 0.1) is 27.7 Å². The van der Waals surface area contributed by atoms with Crippen molar-refractivity contribution < 1.29 is 9.59 Å². The van der Waals surface area contributed by atoms with E-state index in [1.165, 1.54) is 4.90 Å². The van der Waals surface area contributed by atoms with Crippen molar-refractivity contribution >= 4 is 28.8 Å². The fraction of sp³-hybridized carbons (Fsp3) is 0.214. The fourth-order valence-corrected chi connectivity index (χ4v) is 4.18. The molecule has 0 spiro atoms. The monoisotopic (exact) mass is 424 g/mol. The van der Waals surface area contributed by atoms with Crippen molar-refractivity contribution in [2.45, 2.75) is 34.6 Å². The maximum atomic E-state index is 13.9. The Balaban J connectivity index is 1.95. The zero-order chi connectivity index (χ0) is 23.0. The molecule has 0 unspecified atom stereocenters. The van der Waals surface area contributed by atoms with Gasteiger partial charge < -0.3 is 4.90 Å². The number of hydrogen-bond donors (Lipinski definition) is 0. The van der Waals surface area contributed by atoms with E-state index < -0.39 is 0 Å². The first-order valence-corrected chi connectivity index (χ1v) is 10.9. The maximum Gasteiger partial charge on any atom is 0.282 e. The Morgan fingerprint density at radius 1 is 0.750 bits per heavy atom. The number of anilines is 2. The Kier molecular flexibility index (Phi) is 5.70. The molecule has 1 aliphatic heterocycles. The van der Waals surface area contributed by atoms with E-state index in [9.17, 15) is 9.59 Å². The van der Waals surface area contributed by atoms with Crippen LogP contribution in [0.3, 0.4) is 0 Å². The fourth-order valence-electron chi connectivity index (χ4n) is 4.18. The second-order valence-electron chi connectivity index (χ2n) is 8.34. The number of hydrogen-bond acceptors (Lipinski definition) is 3. The zero-order valence-corrected chi connectivity index (χ0v) is 19.3. The van der Waals surface area contributed by atoms with Gasteiger partial charge in [0.25, 0.3) is 11.8 Å². The number of amides is 2. The summed E-state index contributed by atoms with van der Waals surface area (Å²) in [6.07, 6.45) is 0. The van der Waals surface area contributed by atoms with Crippen LogP contribution in [0.15, 0.2) is 72.4 Å². The van der Waals surface area contributed by atoms with Crippen molar-refractivity contribution in [3.8, 4) is 0 Å².